The van der Waals surface area contributed by atoms with Crippen LogP contribution in [-0.2, 0) is 23.2 Å². The molecular weight excluding hydrogens is 530 g/mol. The van der Waals surface area contributed by atoms with Gasteiger partial charge in [0.15, 0.2) is 0 Å². The summed E-state index contributed by atoms with van der Waals surface area (Å²) in [5.74, 6) is 1.63. The van der Waals surface area contributed by atoms with E-state index in [1.807, 2.05) is 0 Å². The Balaban J connectivity index is 1.25. The zero-order valence-electron chi connectivity index (χ0n) is 27.7. The number of hydrogen-bond acceptors (Lipinski definition) is 3. The van der Waals surface area contributed by atoms with Gasteiger partial charge < -0.3 is 5.11 Å². The van der Waals surface area contributed by atoms with Crippen LogP contribution < -0.4 is 0 Å². The Bertz CT molecular complexity index is 1470. The molecule has 2 aromatic rings. The van der Waals surface area contributed by atoms with Crippen LogP contribution in [0.15, 0.2) is 36.4 Å². The Morgan fingerprint density at radius 2 is 1.67 bits per heavy atom. The zero-order chi connectivity index (χ0) is 30.7. The summed E-state index contributed by atoms with van der Waals surface area (Å²) < 4.78 is 2.20. The number of nitrogens with zero attached hydrogens (tertiary/aromatic N) is 3. The van der Waals surface area contributed by atoms with E-state index < -0.39 is 11.4 Å². The van der Waals surface area contributed by atoms with Gasteiger partial charge in [0.25, 0.3) is 0 Å². The average molecular weight is 584 g/mol. The van der Waals surface area contributed by atoms with Gasteiger partial charge in [0.2, 0.25) is 0 Å². The molecule has 5 aliphatic rings. The van der Waals surface area contributed by atoms with Crippen LogP contribution in [0.25, 0.3) is 0 Å². The molecule has 5 aliphatic carbocycles. The fraction of sp³-hybridized carbons (Fsp3) is 0.711. The van der Waals surface area contributed by atoms with E-state index in [0.717, 1.165) is 45.1 Å². The summed E-state index contributed by atoms with van der Waals surface area (Å²) in [6.07, 6.45) is 9.48. The lowest BCUT2D eigenvalue weighted by Gasteiger charge is -2.72. The van der Waals surface area contributed by atoms with E-state index in [2.05, 4.69) is 84.0 Å². The predicted molar refractivity (Wildman–Crippen MR) is 171 cm³/mol. The van der Waals surface area contributed by atoms with Crippen LogP contribution in [0.4, 0.5) is 0 Å². The van der Waals surface area contributed by atoms with Crippen molar-refractivity contribution in [1.29, 1.82) is 0 Å². The molecule has 4 fully saturated rings. The van der Waals surface area contributed by atoms with Crippen LogP contribution in [0.3, 0.4) is 0 Å². The molecule has 0 aliphatic heterocycles. The maximum Gasteiger partial charge on any atom is 0.309 e. The molecule has 43 heavy (non-hydrogen) atoms. The number of aliphatic carboxylic acids is 1. The van der Waals surface area contributed by atoms with Crippen LogP contribution in [0.2, 0.25) is 0 Å². The van der Waals surface area contributed by atoms with E-state index in [0.29, 0.717) is 23.7 Å². The minimum absolute atomic E-state index is 0.0167. The molecule has 0 saturated heterocycles. The fourth-order valence-electron chi connectivity index (χ4n) is 13.0. The Kier molecular flexibility index (Phi) is 6.33. The molecule has 5 nitrogen and oxygen atoms in total. The molecule has 4 saturated carbocycles. The van der Waals surface area contributed by atoms with Gasteiger partial charge in [-0.3, -0.25) is 4.79 Å². The first-order valence-electron chi connectivity index (χ1n) is 17.1. The maximum absolute atomic E-state index is 13.0. The van der Waals surface area contributed by atoms with Gasteiger partial charge in [-0.25, -0.2) is 4.68 Å². The van der Waals surface area contributed by atoms with Crippen LogP contribution in [0.5, 0.6) is 0 Å². The molecule has 9 atom stereocenters. The van der Waals surface area contributed by atoms with Gasteiger partial charge in [-0.1, -0.05) is 81.8 Å². The van der Waals surface area contributed by atoms with Gasteiger partial charge in [0.1, 0.15) is 0 Å². The normalized spacial score (nSPS) is 42.6. The number of carbonyl (C=O) groups is 1. The van der Waals surface area contributed by atoms with Crippen molar-refractivity contribution in [3.8, 4) is 0 Å². The third-order valence-corrected chi connectivity index (χ3v) is 15.0. The number of rotatable bonds is 4. The van der Waals surface area contributed by atoms with Crippen molar-refractivity contribution in [2.24, 2.45) is 51.2 Å². The quantitative estimate of drug-likeness (QED) is 0.367. The van der Waals surface area contributed by atoms with E-state index in [1.54, 1.807) is 0 Å². The maximum atomic E-state index is 13.0. The number of aryl methyl sites for hydroxylation is 1. The number of aromatic nitrogens is 3. The van der Waals surface area contributed by atoms with Gasteiger partial charge in [-0.15, -0.1) is 5.10 Å². The minimum atomic E-state index is -0.560. The molecule has 1 aromatic carbocycles. The standard InChI is InChI=1S/C38H53N3O2/c1-23(2)26-15-18-38(33(42)43)20-19-36(7)27(31(26)38)13-14-30-35(6)21-28-32(34(4,5)29(35)16-17-37(30,36)8)41(40-39-28)22-25-11-9-24(3)10-12-25/h9-12,26-27,29-31H,1,13-22H2,2-8H3,(H,42,43)/t26-,27+,29-,30+,31+,35-,36+,37+,38-/m0/s1. The summed E-state index contributed by atoms with van der Waals surface area (Å²) in [6.45, 7) is 22.2. The van der Waals surface area contributed by atoms with Gasteiger partial charge in [-0.2, -0.15) is 0 Å². The highest BCUT2D eigenvalue weighted by atomic mass is 16.4. The smallest absolute Gasteiger partial charge is 0.309 e. The molecule has 1 heterocycles. The highest BCUT2D eigenvalue weighted by Gasteiger charge is 2.72. The topological polar surface area (TPSA) is 68.0 Å². The second-order valence-corrected chi connectivity index (χ2v) is 17.1. The highest BCUT2D eigenvalue weighted by Crippen LogP contribution is 2.77. The lowest BCUT2D eigenvalue weighted by Crippen LogP contribution is -2.67. The number of benzene rings is 1. The number of carboxylic acid groups (broad SMARTS) is 1. The van der Waals surface area contributed by atoms with Crippen molar-refractivity contribution in [3.05, 3.63) is 58.9 Å². The summed E-state index contributed by atoms with van der Waals surface area (Å²) in [5, 5.41) is 20.4. The third-order valence-electron chi connectivity index (χ3n) is 15.0. The first kappa shape index (κ1) is 29.3. The summed E-state index contributed by atoms with van der Waals surface area (Å²) in [4.78, 5) is 13.0. The third kappa shape index (κ3) is 3.72. The second kappa shape index (κ2) is 9.30. The molecule has 0 amide bonds. The number of hydrogen-bond donors (Lipinski definition) is 1. The van der Waals surface area contributed by atoms with Crippen LogP contribution >= 0.6 is 0 Å². The van der Waals surface area contributed by atoms with Crippen molar-refractivity contribution in [3.63, 3.8) is 0 Å². The second-order valence-electron chi connectivity index (χ2n) is 17.1. The minimum Gasteiger partial charge on any atom is -0.481 e. The Labute approximate surface area is 258 Å². The summed E-state index contributed by atoms with van der Waals surface area (Å²) in [6, 6.07) is 8.83. The molecule has 232 valence electrons. The summed E-state index contributed by atoms with van der Waals surface area (Å²) in [5.41, 5.74) is 6.20. The van der Waals surface area contributed by atoms with Crippen LogP contribution in [0, 0.1) is 58.2 Å². The molecule has 1 N–H and O–H groups in total. The van der Waals surface area contributed by atoms with Gasteiger partial charge >= 0.3 is 5.97 Å². The Hall–Kier alpha value is -2.43. The van der Waals surface area contributed by atoms with Gasteiger partial charge in [0, 0.05) is 5.41 Å². The monoisotopic (exact) mass is 583 g/mol. The van der Waals surface area contributed by atoms with Crippen molar-refractivity contribution in [1.82, 2.24) is 15.0 Å². The molecule has 0 bridgehead atoms. The van der Waals surface area contributed by atoms with Crippen molar-refractivity contribution < 1.29 is 9.90 Å². The van der Waals surface area contributed by atoms with Gasteiger partial charge in [0.05, 0.1) is 23.3 Å². The summed E-state index contributed by atoms with van der Waals surface area (Å²) >= 11 is 0. The summed E-state index contributed by atoms with van der Waals surface area (Å²) in [7, 11) is 0. The fourth-order valence-corrected chi connectivity index (χ4v) is 13.0. The molecular formula is C38H53N3O2. The molecule has 5 heteroatoms. The van der Waals surface area contributed by atoms with Gasteiger partial charge in [-0.05, 0) is 123 Å². The molecule has 1 aromatic heterocycles. The highest BCUT2D eigenvalue weighted by molar-refractivity contribution is 5.76. The lowest BCUT2D eigenvalue weighted by atomic mass is 9.32. The molecule has 7 rings (SSSR count). The molecule has 0 radical (unpaired) electrons. The van der Waals surface area contributed by atoms with E-state index >= 15 is 0 Å². The molecule has 0 spiro atoms. The SMILES string of the molecule is C=C(C)[C@@H]1CC[C@]2(C(=O)O)CC[C@]3(C)[C@H](CC[C@@H]4[C@@]5(C)Cc6nnn(Cc7ccc(C)cc7)c6C(C)(C)[C@@H]5CC[C@]43C)[C@@H]12. The van der Waals surface area contributed by atoms with E-state index in [4.69, 9.17) is 10.3 Å². The lowest BCUT2D eigenvalue weighted by molar-refractivity contribution is -0.228. The van der Waals surface area contributed by atoms with E-state index in [1.165, 1.54) is 47.4 Å². The van der Waals surface area contributed by atoms with E-state index in [-0.39, 0.29) is 27.6 Å². The van der Waals surface area contributed by atoms with Crippen molar-refractivity contribution in [2.45, 2.75) is 118 Å². The number of fused-ring (bicyclic) bond motifs is 8. The van der Waals surface area contributed by atoms with Crippen molar-refractivity contribution in [2.75, 3.05) is 0 Å². The molecule has 0 unspecified atom stereocenters. The Morgan fingerprint density at radius 3 is 2.35 bits per heavy atom. The van der Waals surface area contributed by atoms with E-state index in [9.17, 15) is 9.90 Å². The van der Waals surface area contributed by atoms with Crippen LogP contribution in [0.1, 0.15) is 115 Å². The number of carboxylic acids is 1. The predicted octanol–water partition coefficient (Wildman–Crippen LogP) is 8.39. The van der Waals surface area contributed by atoms with Crippen molar-refractivity contribution >= 4 is 5.97 Å². The zero-order valence-corrected chi connectivity index (χ0v) is 27.7. The average Bonchev–Trinajstić information content (AvgIpc) is 3.53. The first-order chi connectivity index (χ1) is 20.2. The van der Waals surface area contributed by atoms with Crippen LogP contribution in [-0.4, -0.2) is 26.1 Å². The largest absolute Gasteiger partial charge is 0.481 e. The Morgan fingerprint density at radius 1 is 0.953 bits per heavy atom. The first-order valence-corrected chi connectivity index (χ1v) is 17.1. The number of allylic oxidation sites excluding steroid dienone is 1.